The number of nitrogens with one attached hydrogen (secondary N) is 2. The number of aromatic amines is 1. The smallest absolute Gasteiger partial charge is 0.266 e. The van der Waals surface area contributed by atoms with E-state index in [2.05, 4.69) is 15.5 Å². The second-order valence-corrected chi connectivity index (χ2v) is 6.21. The Bertz CT molecular complexity index is 999. The van der Waals surface area contributed by atoms with Gasteiger partial charge in [0.15, 0.2) is 0 Å². The van der Waals surface area contributed by atoms with Crippen molar-refractivity contribution in [3.8, 4) is 17.3 Å². The predicted molar refractivity (Wildman–Crippen MR) is 103 cm³/mol. The number of nitrogens with zero attached hydrogens (tertiary/aromatic N) is 2. The number of rotatable bonds is 4. The van der Waals surface area contributed by atoms with Crippen LogP contribution in [-0.4, -0.2) is 16.1 Å². The molecule has 0 aliphatic carbocycles. The largest absolute Gasteiger partial charge is 0.321 e. The zero-order valence-corrected chi connectivity index (χ0v) is 14.8. The lowest BCUT2D eigenvalue weighted by atomic mass is 10.1. The Hall–Kier alpha value is -3.07. The molecule has 0 atom stereocenters. The third-order valence-corrected chi connectivity index (χ3v) is 4.07. The van der Waals surface area contributed by atoms with Gasteiger partial charge in [-0.25, -0.2) is 0 Å². The summed E-state index contributed by atoms with van der Waals surface area (Å²) in [5.41, 5.74) is 2.65. The Labute approximate surface area is 159 Å². The molecule has 0 radical (unpaired) electrons. The zero-order chi connectivity index (χ0) is 18.5. The summed E-state index contributed by atoms with van der Waals surface area (Å²) < 4.78 is 0. The lowest BCUT2D eigenvalue weighted by Crippen LogP contribution is -2.13. The molecule has 0 bridgehead atoms. The molecule has 0 unspecified atom stereocenters. The molecular weight excluding hydrogens is 371 g/mol. The number of amides is 1. The number of aromatic nitrogens is 2. The van der Waals surface area contributed by atoms with E-state index in [-0.39, 0.29) is 5.57 Å². The average Bonchev–Trinajstić information content (AvgIpc) is 3.10. The van der Waals surface area contributed by atoms with Crippen LogP contribution in [0.15, 0.2) is 60.3 Å². The highest BCUT2D eigenvalue weighted by Gasteiger charge is 2.13. The van der Waals surface area contributed by atoms with Gasteiger partial charge in [-0.1, -0.05) is 35.3 Å². The molecule has 1 amide bonds. The maximum atomic E-state index is 12.4. The molecule has 7 heteroatoms. The van der Waals surface area contributed by atoms with Gasteiger partial charge in [-0.05, 0) is 42.5 Å². The second kappa shape index (κ2) is 7.87. The lowest BCUT2D eigenvalue weighted by Gasteiger charge is -2.05. The van der Waals surface area contributed by atoms with Crippen molar-refractivity contribution in [3.63, 3.8) is 0 Å². The maximum absolute atomic E-state index is 12.4. The van der Waals surface area contributed by atoms with Gasteiger partial charge in [0, 0.05) is 26.9 Å². The molecule has 5 nitrogen and oxygen atoms in total. The van der Waals surface area contributed by atoms with Crippen LogP contribution in [-0.2, 0) is 4.79 Å². The van der Waals surface area contributed by atoms with Crippen LogP contribution < -0.4 is 5.32 Å². The monoisotopic (exact) mass is 382 g/mol. The first kappa shape index (κ1) is 17.7. The van der Waals surface area contributed by atoms with E-state index >= 15 is 0 Å². The Morgan fingerprint density at radius 1 is 1.08 bits per heavy atom. The van der Waals surface area contributed by atoms with Crippen LogP contribution in [0, 0.1) is 11.3 Å². The normalized spacial score (nSPS) is 11.0. The minimum Gasteiger partial charge on any atom is -0.321 e. The molecule has 3 rings (SSSR count). The van der Waals surface area contributed by atoms with Gasteiger partial charge in [-0.15, -0.1) is 0 Å². The van der Waals surface area contributed by atoms with E-state index in [1.54, 1.807) is 42.6 Å². The molecule has 0 spiro atoms. The van der Waals surface area contributed by atoms with Crippen molar-refractivity contribution in [1.82, 2.24) is 10.2 Å². The number of halogens is 2. The van der Waals surface area contributed by atoms with Crippen LogP contribution in [0.3, 0.4) is 0 Å². The maximum Gasteiger partial charge on any atom is 0.266 e. The standard InChI is InChI=1S/C19H12Cl2N4O/c20-15-3-1-12(2-4-15)18-14(11-23-25-18)9-13(10-22)19(26)24-17-7-5-16(21)6-8-17/h1-9,11H,(H,23,25)(H,24,26)/b13-9-. The van der Waals surface area contributed by atoms with Gasteiger partial charge in [0.05, 0.1) is 11.9 Å². The topological polar surface area (TPSA) is 81.6 Å². The second-order valence-electron chi connectivity index (χ2n) is 5.34. The molecule has 128 valence electrons. The SMILES string of the molecule is N#C/C(=C/c1cn[nH]c1-c1ccc(Cl)cc1)C(=O)Nc1ccc(Cl)cc1. The van der Waals surface area contributed by atoms with Gasteiger partial charge in [-0.2, -0.15) is 10.4 Å². The van der Waals surface area contributed by atoms with E-state index in [4.69, 9.17) is 23.2 Å². The summed E-state index contributed by atoms with van der Waals surface area (Å²) in [7, 11) is 0. The molecule has 0 fully saturated rings. The van der Waals surface area contributed by atoms with Crippen molar-refractivity contribution in [3.05, 3.63) is 75.9 Å². The van der Waals surface area contributed by atoms with Crippen molar-refractivity contribution in [2.24, 2.45) is 0 Å². The van der Waals surface area contributed by atoms with Crippen LogP contribution in [0.5, 0.6) is 0 Å². The third kappa shape index (κ3) is 4.12. The van der Waals surface area contributed by atoms with Crippen LogP contribution >= 0.6 is 23.2 Å². The summed E-state index contributed by atoms with van der Waals surface area (Å²) >= 11 is 11.7. The summed E-state index contributed by atoms with van der Waals surface area (Å²) in [6.45, 7) is 0. The summed E-state index contributed by atoms with van der Waals surface area (Å²) in [6, 6.07) is 15.7. The Kier molecular flexibility index (Phi) is 5.37. The molecule has 3 aromatic rings. The first-order valence-electron chi connectivity index (χ1n) is 7.55. The summed E-state index contributed by atoms with van der Waals surface area (Å²) in [6.07, 6.45) is 3.04. The van der Waals surface area contributed by atoms with Crippen LogP contribution in [0.2, 0.25) is 10.0 Å². The van der Waals surface area contributed by atoms with Gasteiger partial charge < -0.3 is 5.32 Å². The van der Waals surface area contributed by atoms with Gasteiger partial charge in [0.1, 0.15) is 11.6 Å². The van der Waals surface area contributed by atoms with E-state index < -0.39 is 5.91 Å². The Balaban J connectivity index is 1.87. The fourth-order valence-corrected chi connectivity index (χ4v) is 2.54. The van der Waals surface area contributed by atoms with Gasteiger partial charge in [-0.3, -0.25) is 9.89 Å². The number of H-pyrrole nitrogens is 1. The summed E-state index contributed by atoms with van der Waals surface area (Å²) in [5, 5.41) is 20.1. The highest BCUT2D eigenvalue weighted by molar-refractivity contribution is 6.31. The van der Waals surface area contributed by atoms with E-state index in [0.717, 1.165) is 5.56 Å². The molecule has 0 aliphatic rings. The Morgan fingerprint density at radius 2 is 1.69 bits per heavy atom. The van der Waals surface area contributed by atoms with Crippen molar-refractivity contribution >= 4 is 40.9 Å². The van der Waals surface area contributed by atoms with Crippen molar-refractivity contribution < 1.29 is 4.79 Å². The Morgan fingerprint density at radius 3 is 2.31 bits per heavy atom. The summed E-state index contributed by atoms with van der Waals surface area (Å²) in [5.74, 6) is -0.516. The van der Waals surface area contributed by atoms with Gasteiger partial charge in [0.25, 0.3) is 5.91 Å². The highest BCUT2D eigenvalue weighted by atomic mass is 35.5. The average molecular weight is 383 g/mol. The number of carbonyl (C=O) groups excluding carboxylic acids is 1. The molecular formula is C19H12Cl2N4O. The highest BCUT2D eigenvalue weighted by Crippen LogP contribution is 2.25. The molecule has 1 heterocycles. The zero-order valence-electron chi connectivity index (χ0n) is 13.3. The van der Waals surface area contributed by atoms with Gasteiger partial charge in [0.2, 0.25) is 0 Å². The predicted octanol–water partition coefficient (Wildman–Crippen LogP) is 4.93. The van der Waals surface area contributed by atoms with Crippen molar-refractivity contribution in [2.45, 2.75) is 0 Å². The molecule has 2 N–H and O–H groups in total. The third-order valence-electron chi connectivity index (χ3n) is 3.57. The van der Waals surface area contributed by atoms with Crippen molar-refractivity contribution in [2.75, 3.05) is 5.32 Å². The molecule has 1 aromatic heterocycles. The molecule has 0 saturated carbocycles. The first-order valence-corrected chi connectivity index (χ1v) is 8.30. The minimum absolute atomic E-state index is 0.0448. The van der Waals surface area contributed by atoms with Gasteiger partial charge >= 0.3 is 0 Å². The number of hydrogen-bond acceptors (Lipinski definition) is 3. The summed E-state index contributed by atoms with van der Waals surface area (Å²) in [4.78, 5) is 12.4. The number of hydrogen-bond donors (Lipinski definition) is 2. The van der Waals surface area contributed by atoms with Crippen LogP contribution in [0.1, 0.15) is 5.56 Å². The minimum atomic E-state index is -0.516. The van der Waals surface area contributed by atoms with Crippen molar-refractivity contribution in [1.29, 1.82) is 5.26 Å². The quantitative estimate of drug-likeness (QED) is 0.495. The molecule has 0 saturated heterocycles. The molecule has 26 heavy (non-hydrogen) atoms. The molecule has 2 aromatic carbocycles. The number of benzene rings is 2. The van der Waals surface area contributed by atoms with Crippen LogP contribution in [0.25, 0.3) is 17.3 Å². The van der Waals surface area contributed by atoms with Crippen LogP contribution in [0.4, 0.5) is 5.69 Å². The fraction of sp³-hybridized carbons (Fsp3) is 0. The van der Waals surface area contributed by atoms with E-state index in [1.165, 1.54) is 6.08 Å². The molecule has 0 aliphatic heterocycles. The number of anilines is 1. The van der Waals surface area contributed by atoms with E-state index in [0.29, 0.717) is 27.0 Å². The van der Waals surface area contributed by atoms with E-state index in [1.807, 2.05) is 18.2 Å². The lowest BCUT2D eigenvalue weighted by molar-refractivity contribution is -0.112. The number of nitriles is 1. The first-order chi connectivity index (χ1) is 12.6. The number of carbonyl (C=O) groups is 1. The van der Waals surface area contributed by atoms with E-state index in [9.17, 15) is 10.1 Å². The fourth-order valence-electron chi connectivity index (χ4n) is 2.29.